The number of ether oxygens (including phenoxy) is 3. The SMILES string of the molecule is COC(=O)CC(c1cccc(OCc2cnn(-c3cc(OC)ncc3F)c2)c1)C1(C)CC1. The van der Waals surface area contributed by atoms with Crippen molar-refractivity contribution in [1.29, 1.82) is 0 Å². The minimum atomic E-state index is -0.501. The first-order chi connectivity index (χ1) is 15.4. The lowest BCUT2D eigenvalue weighted by atomic mass is 9.82. The van der Waals surface area contributed by atoms with Gasteiger partial charge in [-0.25, -0.2) is 14.1 Å². The van der Waals surface area contributed by atoms with Gasteiger partial charge in [0.15, 0.2) is 5.82 Å². The minimum absolute atomic E-state index is 0.0888. The van der Waals surface area contributed by atoms with Crippen molar-refractivity contribution in [1.82, 2.24) is 14.8 Å². The molecule has 2 aromatic heterocycles. The Labute approximate surface area is 186 Å². The van der Waals surface area contributed by atoms with Gasteiger partial charge in [0.25, 0.3) is 0 Å². The maximum atomic E-state index is 14.1. The molecule has 3 aromatic rings. The topological polar surface area (TPSA) is 75.5 Å². The van der Waals surface area contributed by atoms with Crippen molar-refractivity contribution in [2.45, 2.75) is 38.7 Å². The lowest BCUT2D eigenvalue weighted by Crippen LogP contribution is -2.16. The second-order valence-corrected chi connectivity index (χ2v) is 8.32. The van der Waals surface area contributed by atoms with Gasteiger partial charge in [-0.3, -0.25) is 4.79 Å². The number of nitrogens with zero attached hydrogens (tertiary/aromatic N) is 3. The van der Waals surface area contributed by atoms with E-state index in [9.17, 15) is 9.18 Å². The van der Waals surface area contributed by atoms with Gasteiger partial charge in [-0.15, -0.1) is 0 Å². The molecule has 4 rings (SSSR count). The van der Waals surface area contributed by atoms with Crippen LogP contribution in [-0.4, -0.2) is 35.0 Å². The highest BCUT2D eigenvalue weighted by Crippen LogP contribution is 2.57. The van der Waals surface area contributed by atoms with Crippen LogP contribution in [0.5, 0.6) is 11.6 Å². The molecule has 0 aliphatic heterocycles. The fourth-order valence-electron chi connectivity index (χ4n) is 3.81. The molecule has 0 bridgehead atoms. The summed E-state index contributed by atoms with van der Waals surface area (Å²) in [6.07, 6.45) is 6.96. The number of esters is 1. The van der Waals surface area contributed by atoms with Gasteiger partial charge in [-0.2, -0.15) is 5.10 Å². The number of hydrogen-bond donors (Lipinski definition) is 0. The maximum absolute atomic E-state index is 14.1. The smallest absolute Gasteiger partial charge is 0.306 e. The molecule has 0 radical (unpaired) electrons. The van der Waals surface area contributed by atoms with Crippen molar-refractivity contribution in [2.75, 3.05) is 14.2 Å². The summed E-state index contributed by atoms with van der Waals surface area (Å²) in [6.45, 7) is 2.47. The van der Waals surface area contributed by atoms with Crippen LogP contribution in [0.3, 0.4) is 0 Å². The normalized spacial score (nSPS) is 15.1. The van der Waals surface area contributed by atoms with Crippen molar-refractivity contribution in [3.63, 3.8) is 0 Å². The third kappa shape index (κ3) is 4.74. The van der Waals surface area contributed by atoms with Crippen LogP contribution >= 0.6 is 0 Å². The van der Waals surface area contributed by atoms with Gasteiger partial charge in [-0.1, -0.05) is 19.1 Å². The monoisotopic (exact) mass is 439 g/mol. The Kier molecular flexibility index (Phi) is 6.12. The van der Waals surface area contributed by atoms with E-state index >= 15 is 0 Å². The zero-order valence-electron chi connectivity index (χ0n) is 18.4. The first-order valence-electron chi connectivity index (χ1n) is 10.4. The van der Waals surface area contributed by atoms with Gasteiger partial charge >= 0.3 is 5.97 Å². The fourth-order valence-corrected chi connectivity index (χ4v) is 3.81. The van der Waals surface area contributed by atoms with Crippen LogP contribution in [0.2, 0.25) is 0 Å². The first kappa shape index (κ1) is 21.8. The van der Waals surface area contributed by atoms with Crippen LogP contribution in [0, 0.1) is 11.2 Å². The summed E-state index contributed by atoms with van der Waals surface area (Å²) in [7, 11) is 2.89. The third-order valence-corrected chi connectivity index (χ3v) is 6.05. The summed E-state index contributed by atoms with van der Waals surface area (Å²) in [5, 5.41) is 4.23. The van der Waals surface area contributed by atoms with Crippen LogP contribution in [0.25, 0.3) is 5.69 Å². The molecule has 1 aromatic carbocycles. The van der Waals surface area contributed by atoms with Crippen LogP contribution in [-0.2, 0) is 16.1 Å². The van der Waals surface area contributed by atoms with Crippen LogP contribution < -0.4 is 9.47 Å². The molecule has 1 aliphatic carbocycles. The second kappa shape index (κ2) is 8.98. The summed E-state index contributed by atoms with van der Waals surface area (Å²) in [5.74, 6) is 0.385. The number of carbonyl (C=O) groups excluding carboxylic acids is 1. The Morgan fingerprint density at radius 3 is 2.78 bits per heavy atom. The molecule has 1 saturated carbocycles. The Bertz CT molecular complexity index is 1110. The van der Waals surface area contributed by atoms with Crippen molar-refractivity contribution >= 4 is 5.97 Å². The molecular weight excluding hydrogens is 413 g/mol. The van der Waals surface area contributed by atoms with E-state index in [1.54, 1.807) is 12.4 Å². The van der Waals surface area contributed by atoms with Crippen molar-refractivity contribution < 1.29 is 23.4 Å². The first-order valence-corrected chi connectivity index (χ1v) is 10.4. The third-order valence-electron chi connectivity index (χ3n) is 6.05. The molecule has 168 valence electrons. The molecule has 1 fully saturated rings. The second-order valence-electron chi connectivity index (χ2n) is 8.32. The Morgan fingerprint density at radius 2 is 2.06 bits per heavy atom. The number of hydrogen-bond acceptors (Lipinski definition) is 6. The highest BCUT2D eigenvalue weighted by Gasteiger charge is 2.46. The molecule has 1 aliphatic rings. The predicted molar refractivity (Wildman–Crippen MR) is 115 cm³/mol. The molecule has 1 atom stereocenters. The number of benzene rings is 1. The molecule has 32 heavy (non-hydrogen) atoms. The van der Waals surface area contributed by atoms with Gasteiger partial charge in [0.05, 0.1) is 33.0 Å². The minimum Gasteiger partial charge on any atom is -0.489 e. The number of methoxy groups -OCH3 is 2. The summed E-state index contributed by atoms with van der Waals surface area (Å²) < 4.78 is 31.5. The van der Waals surface area contributed by atoms with Crippen LogP contribution in [0.1, 0.15) is 43.2 Å². The largest absolute Gasteiger partial charge is 0.489 e. The maximum Gasteiger partial charge on any atom is 0.306 e. The van der Waals surface area contributed by atoms with E-state index in [4.69, 9.17) is 14.2 Å². The average Bonchev–Trinajstić information content (AvgIpc) is 3.38. The summed E-state index contributed by atoms with van der Waals surface area (Å²) in [4.78, 5) is 15.8. The van der Waals surface area contributed by atoms with Crippen molar-refractivity contribution in [2.24, 2.45) is 5.41 Å². The Hall–Kier alpha value is -3.42. The van der Waals surface area contributed by atoms with E-state index in [-0.39, 0.29) is 29.6 Å². The van der Waals surface area contributed by atoms with E-state index in [2.05, 4.69) is 17.0 Å². The molecule has 0 saturated heterocycles. The zero-order chi connectivity index (χ0) is 22.7. The highest BCUT2D eigenvalue weighted by molar-refractivity contribution is 5.70. The van der Waals surface area contributed by atoms with Gasteiger partial charge in [0.1, 0.15) is 18.0 Å². The predicted octanol–water partition coefficient (Wildman–Crippen LogP) is 4.44. The van der Waals surface area contributed by atoms with E-state index in [1.165, 1.54) is 25.0 Å². The van der Waals surface area contributed by atoms with Crippen molar-refractivity contribution in [3.05, 3.63) is 65.9 Å². The van der Waals surface area contributed by atoms with Crippen LogP contribution in [0.4, 0.5) is 4.39 Å². The molecular formula is C24H26FN3O4. The standard InChI is InChI=1S/C24H26FN3O4/c1-24(7-8-24)19(10-23(29)31-3)17-5-4-6-18(9-17)32-15-16-12-27-28(14-16)21-11-22(30-2)26-13-20(21)25/h4-6,9,11-14,19H,7-8,10,15H2,1-3H3. The lowest BCUT2D eigenvalue weighted by Gasteiger charge is -2.23. The molecule has 7 nitrogen and oxygen atoms in total. The van der Waals surface area contributed by atoms with E-state index in [1.807, 2.05) is 24.3 Å². The zero-order valence-corrected chi connectivity index (χ0v) is 18.4. The summed E-state index contributed by atoms with van der Waals surface area (Å²) in [5.41, 5.74) is 2.21. The molecule has 0 spiro atoms. The van der Waals surface area contributed by atoms with Crippen molar-refractivity contribution in [3.8, 4) is 17.3 Å². The number of halogens is 1. The molecule has 2 heterocycles. The molecule has 0 amide bonds. The number of carbonyl (C=O) groups is 1. The number of pyridine rings is 1. The van der Waals surface area contributed by atoms with E-state index in [0.29, 0.717) is 18.1 Å². The lowest BCUT2D eigenvalue weighted by molar-refractivity contribution is -0.141. The Morgan fingerprint density at radius 1 is 1.25 bits per heavy atom. The molecule has 0 N–H and O–H groups in total. The van der Waals surface area contributed by atoms with Gasteiger partial charge < -0.3 is 14.2 Å². The fraction of sp³-hybridized carbons (Fsp3) is 0.375. The van der Waals surface area contributed by atoms with E-state index < -0.39 is 5.82 Å². The molecule has 1 unspecified atom stereocenters. The quantitative estimate of drug-likeness (QED) is 0.459. The van der Waals surface area contributed by atoms with E-state index in [0.717, 1.165) is 30.2 Å². The highest BCUT2D eigenvalue weighted by atomic mass is 19.1. The molecule has 8 heteroatoms. The number of rotatable bonds is 9. The van der Waals surface area contributed by atoms with Gasteiger partial charge in [-0.05, 0) is 41.9 Å². The summed E-state index contributed by atoms with van der Waals surface area (Å²) in [6, 6.07) is 9.31. The number of aromatic nitrogens is 3. The Balaban J connectivity index is 1.47. The van der Waals surface area contributed by atoms with Crippen LogP contribution in [0.15, 0.2) is 48.9 Å². The van der Waals surface area contributed by atoms with Gasteiger partial charge in [0, 0.05) is 17.8 Å². The average molecular weight is 439 g/mol. The summed E-state index contributed by atoms with van der Waals surface area (Å²) >= 11 is 0. The van der Waals surface area contributed by atoms with Gasteiger partial charge in [0.2, 0.25) is 5.88 Å².